The molecule has 1 heterocycles. The number of ether oxygens (including phenoxy) is 3. The first kappa shape index (κ1) is 8.87. The van der Waals surface area contributed by atoms with Gasteiger partial charge in [0, 0.05) is 6.07 Å². The van der Waals surface area contributed by atoms with Gasteiger partial charge in [0.25, 0.3) is 0 Å². The van der Waals surface area contributed by atoms with Crippen molar-refractivity contribution in [2.75, 3.05) is 13.7 Å². The average Bonchev–Trinajstić information content (AvgIpc) is 2.27. The number of rotatable bonds is 2. The summed E-state index contributed by atoms with van der Waals surface area (Å²) in [5, 5.41) is 0. The Hall–Kier alpha value is -1.71. The molecule has 0 spiro atoms. The predicted octanol–water partition coefficient (Wildman–Crippen LogP) is 1.03. The number of hydrogen-bond acceptors (Lipinski definition) is 4. The maximum absolute atomic E-state index is 10.5. The molecule has 0 N–H and O–H groups in total. The van der Waals surface area contributed by atoms with Crippen LogP contribution in [0.5, 0.6) is 17.2 Å². The van der Waals surface area contributed by atoms with Gasteiger partial charge in [-0.1, -0.05) is 0 Å². The highest BCUT2D eigenvalue weighted by molar-refractivity contribution is 5.59. The second-order valence-corrected chi connectivity index (χ2v) is 2.92. The van der Waals surface area contributed by atoms with Crippen LogP contribution in [0.3, 0.4) is 0 Å². The summed E-state index contributed by atoms with van der Waals surface area (Å²) in [5.74, 6) is 1.90. The molecule has 1 aromatic carbocycles. The second kappa shape index (κ2) is 3.57. The van der Waals surface area contributed by atoms with Crippen LogP contribution in [0, 0.1) is 0 Å². The van der Waals surface area contributed by atoms with E-state index in [0.717, 1.165) is 6.29 Å². The van der Waals surface area contributed by atoms with Crippen molar-refractivity contribution in [1.82, 2.24) is 0 Å². The van der Waals surface area contributed by atoms with E-state index in [2.05, 4.69) is 0 Å². The number of carbonyl (C=O) groups is 1. The topological polar surface area (TPSA) is 44.8 Å². The van der Waals surface area contributed by atoms with Crippen LogP contribution in [0.4, 0.5) is 0 Å². The summed E-state index contributed by atoms with van der Waals surface area (Å²) in [6.07, 6.45) is 0.226. The first-order chi connectivity index (χ1) is 6.83. The Morgan fingerprint density at radius 2 is 2.36 bits per heavy atom. The molecule has 0 aliphatic carbocycles. The second-order valence-electron chi connectivity index (χ2n) is 2.92. The molecule has 2 rings (SSSR count). The molecule has 1 aromatic rings. The molecular weight excluding hydrogens is 184 g/mol. The molecule has 0 radical (unpaired) electrons. The van der Waals surface area contributed by atoms with Crippen molar-refractivity contribution in [3.8, 4) is 17.2 Å². The zero-order valence-corrected chi connectivity index (χ0v) is 7.73. The van der Waals surface area contributed by atoms with Crippen LogP contribution in [0.25, 0.3) is 0 Å². The van der Waals surface area contributed by atoms with Crippen molar-refractivity contribution in [3.63, 3.8) is 0 Å². The van der Waals surface area contributed by atoms with E-state index in [-0.39, 0.29) is 6.61 Å². The first-order valence-corrected chi connectivity index (χ1v) is 4.26. The Bertz CT molecular complexity index is 348. The number of fused-ring (bicyclic) bond motifs is 1. The summed E-state index contributed by atoms with van der Waals surface area (Å²) in [6, 6.07) is 5.22. The fraction of sp³-hybridized carbons (Fsp3) is 0.300. The molecule has 0 fully saturated rings. The molecule has 0 amide bonds. The monoisotopic (exact) mass is 194 g/mol. The van der Waals surface area contributed by atoms with Crippen molar-refractivity contribution < 1.29 is 19.0 Å². The van der Waals surface area contributed by atoms with Gasteiger partial charge in [-0.3, -0.25) is 4.79 Å². The molecule has 14 heavy (non-hydrogen) atoms. The molecule has 1 aliphatic rings. The third-order valence-electron chi connectivity index (χ3n) is 1.98. The van der Waals surface area contributed by atoms with E-state index in [4.69, 9.17) is 14.2 Å². The van der Waals surface area contributed by atoms with E-state index in [1.165, 1.54) is 0 Å². The Balaban J connectivity index is 2.27. The van der Waals surface area contributed by atoms with Gasteiger partial charge in [0.2, 0.25) is 0 Å². The minimum Gasteiger partial charge on any atom is -0.497 e. The van der Waals surface area contributed by atoms with Crippen LogP contribution < -0.4 is 14.2 Å². The quantitative estimate of drug-likeness (QED) is 0.660. The first-order valence-electron chi connectivity index (χ1n) is 4.26. The van der Waals surface area contributed by atoms with Gasteiger partial charge in [0.05, 0.1) is 7.11 Å². The van der Waals surface area contributed by atoms with Crippen LogP contribution in [0.2, 0.25) is 0 Å². The van der Waals surface area contributed by atoms with Crippen LogP contribution >= 0.6 is 0 Å². The van der Waals surface area contributed by atoms with Gasteiger partial charge in [-0.2, -0.15) is 0 Å². The van der Waals surface area contributed by atoms with E-state index in [9.17, 15) is 4.79 Å². The molecule has 0 saturated heterocycles. The van der Waals surface area contributed by atoms with E-state index >= 15 is 0 Å². The summed E-state index contributed by atoms with van der Waals surface area (Å²) >= 11 is 0. The molecular formula is C10H10O4. The van der Waals surface area contributed by atoms with Crippen molar-refractivity contribution >= 4 is 6.29 Å². The van der Waals surface area contributed by atoms with Crippen molar-refractivity contribution in [2.45, 2.75) is 6.10 Å². The van der Waals surface area contributed by atoms with Crippen LogP contribution in [-0.2, 0) is 4.79 Å². The highest BCUT2D eigenvalue weighted by atomic mass is 16.6. The summed E-state index contributed by atoms with van der Waals surface area (Å²) in [5.41, 5.74) is 0. The fourth-order valence-electron chi connectivity index (χ4n) is 1.26. The van der Waals surface area contributed by atoms with Crippen LogP contribution in [-0.4, -0.2) is 26.1 Å². The smallest absolute Gasteiger partial charge is 0.187 e. The number of carbonyl (C=O) groups excluding carboxylic acids is 1. The Morgan fingerprint density at radius 3 is 3.07 bits per heavy atom. The molecule has 1 unspecified atom stereocenters. The molecule has 0 aromatic heterocycles. The van der Waals surface area contributed by atoms with Gasteiger partial charge >= 0.3 is 0 Å². The number of aldehydes is 1. The molecule has 0 saturated carbocycles. The predicted molar refractivity (Wildman–Crippen MR) is 49.0 cm³/mol. The van der Waals surface area contributed by atoms with E-state index < -0.39 is 6.10 Å². The van der Waals surface area contributed by atoms with Gasteiger partial charge in [-0.05, 0) is 12.1 Å². The van der Waals surface area contributed by atoms with Gasteiger partial charge in [0.1, 0.15) is 12.4 Å². The minimum absolute atomic E-state index is 0.254. The zero-order chi connectivity index (χ0) is 9.97. The minimum atomic E-state index is -0.504. The van der Waals surface area contributed by atoms with E-state index in [0.29, 0.717) is 17.2 Å². The lowest BCUT2D eigenvalue weighted by atomic mass is 10.2. The van der Waals surface area contributed by atoms with Crippen molar-refractivity contribution in [1.29, 1.82) is 0 Å². The number of hydrogen-bond donors (Lipinski definition) is 0. The Kier molecular flexibility index (Phi) is 2.26. The lowest BCUT2D eigenvalue weighted by Gasteiger charge is -2.23. The standard InChI is InChI=1S/C10H10O4/c1-12-7-2-3-9-10(4-7)13-6-8(5-11)14-9/h2-5,8H,6H2,1H3. The largest absolute Gasteiger partial charge is 0.497 e. The SMILES string of the molecule is COc1ccc2c(c1)OCC(C=O)O2. The van der Waals surface area contributed by atoms with Crippen LogP contribution in [0.1, 0.15) is 0 Å². The lowest BCUT2D eigenvalue weighted by Crippen LogP contribution is -2.30. The Labute approximate surface area is 81.4 Å². The van der Waals surface area contributed by atoms with E-state index in [1.54, 1.807) is 25.3 Å². The summed E-state index contributed by atoms with van der Waals surface area (Å²) < 4.78 is 15.7. The normalized spacial score (nSPS) is 18.8. The highest BCUT2D eigenvalue weighted by Gasteiger charge is 2.20. The Morgan fingerprint density at radius 1 is 1.50 bits per heavy atom. The summed E-state index contributed by atoms with van der Waals surface area (Å²) in [7, 11) is 1.58. The van der Waals surface area contributed by atoms with Crippen LogP contribution in [0.15, 0.2) is 18.2 Å². The van der Waals surface area contributed by atoms with Gasteiger partial charge < -0.3 is 14.2 Å². The number of methoxy groups -OCH3 is 1. The van der Waals surface area contributed by atoms with Gasteiger partial charge in [-0.25, -0.2) is 0 Å². The van der Waals surface area contributed by atoms with Crippen molar-refractivity contribution in [2.24, 2.45) is 0 Å². The lowest BCUT2D eigenvalue weighted by molar-refractivity contribution is -0.115. The third-order valence-corrected chi connectivity index (χ3v) is 1.98. The van der Waals surface area contributed by atoms with Gasteiger partial charge in [-0.15, -0.1) is 0 Å². The zero-order valence-electron chi connectivity index (χ0n) is 7.73. The van der Waals surface area contributed by atoms with Crippen molar-refractivity contribution in [3.05, 3.63) is 18.2 Å². The maximum atomic E-state index is 10.5. The summed E-state index contributed by atoms with van der Waals surface area (Å²) in [4.78, 5) is 10.5. The molecule has 74 valence electrons. The maximum Gasteiger partial charge on any atom is 0.187 e. The third kappa shape index (κ3) is 1.51. The highest BCUT2D eigenvalue weighted by Crippen LogP contribution is 2.34. The van der Waals surface area contributed by atoms with Gasteiger partial charge in [0.15, 0.2) is 23.9 Å². The molecule has 4 nitrogen and oxygen atoms in total. The number of benzene rings is 1. The molecule has 1 aliphatic heterocycles. The molecule has 4 heteroatoms. The average molecular weight is 194 g/mol. The molecule has 1 atom stereocenters. The summed E-state index contributed by atoms with van der Waals surface area (Å²) in [6.45, 7) is 0.254. The fourth-order valence-corrected chi connectivity index (χ4v) is 1.26. The molecule has 0 bridgehead atoms. The van der Waals surface area contributed by atoms with E-state index in [1.807, 2.05) is 0 Å².